The fourth-order valence-electron chi connectivity index (χ4n) is 2.52. The summed E-state index contributed by atoms with van der Waals surface area (Å²) < 4.78 is 33.2. The third kappa shape index (κ3) is 2.15. The van der Waals surface area contributed by atoms with E-state index in [-0.39, 0.29) is 5.56 Å². The number of benzene rings is 2. The number of fused-ring (bicyclic) bond motifs is 1. The van der Waals surface area contributed by atoms with Crippen LogP contribution in [0.5, 0.6) is 5.75 Å². The zero-order chi connectivity index (χ0) is 14.1. The maximum Gasteiger partial charge on any atom is 0.131 e. The Morgan fingerprint density at radius 2 is 1.90 bits per heavy atom. The van der Waals surface area contributed by atoms with E-state index in [1.165, 1.54) is 18.2 Å². The second kappa shape index (κ2) is 5.19. The zero-order valence-corrected chi connectivity index (χ0v) is 10.7. The topological polar surface area (TPSA) is 47.3 Å². The van der Waals surface area contributed by atoms with Gasteiger partial charge in [0.1, 0.15) is 17.4 Å². The van der Waals surface area contributed by atoms with E-state index in [4.69, 9.17) is 10.6 Å². The van der Waals surface area contributed by atoms with Gasteiger partial charge in [-0.25, -0.2) is 14.2 Å². The third-order valence-electron chi connectivity index (χ3n) is 3.50. The standard InChI is InChI=1S/C15H14F2N2O/c16-11-2-1-3-12(17)14(11)15(19-18)10-4-5-13-9(8-10)6-7-20-13/h1-5,8,15,19H,6-7,18H2. The van der Waals surface area contributed by atoms with Crippen LogP contribution in [0.4, 0.5) is 8.78 Å². The van der Waals surface area contributed by atoms with Crippen LogP contribution in [0, 0.1) is 11.6 Å². The quantitative estimate of drug-likeness (QED) is 0.668. The van der Waals surface area contributed by atoms with Crippen molar-refractivity contribution in [2.24, 2.45) is 5.84 Å². The van der Waals surface area contributed by atoms with E-state index in [1.807, 2.05) is 6.07 Å². The van der Waals surface area contributed by atoms with E-state index in [1.54, 1.807) is 12.1 Å². The van der Waals surface area contributed by atoms with Gasteiger partial charge in [0.25, 0.3) is 0 Å². The molecule has 20 heavy (non-hydrogen) atoms. The highest BCUT2D eigenvalue weighted by Crippen LogP contribution is 2.32. The van der Waals surface area contributed by atoms with Crippen LogP contribution in [0.1, 0.15) is 22.7 Å². The summed E-state index contributed by atoms with van der Waals surface area (Å²) in [6, 6.07) is 8.48. The lowest BCUT2D eigenvalue weighted by Gasteiger charge is -2.19. The predicted octanol–water partition coefficient (Wildman–Crippen LogP) is 2.45. The van der Waals surface area contributed by atoms with Gasteiger partial charge in [-0.2, -0.15) is 0 Å². The van der Waals surface area contributed by atoms with Crippen molar-refractivity contribution in [2.45, 2.75) is 12.5 Å². The van der Waals surface area contributed by atoms with Crippen molar-refractivity contribution >= 4 is 0 Å². The summed E-state index contributed by atoms with van der Waals surface area (Å²) >= 11 is 0. The molecule has 3 nitrogen and oxygen atoms in total. The van der Waals surface area contributed by atoms with E-state index in [0.717, 1.165) is 17.7 Å². The first-order chi connectivity index (χ1) is 9.70. The molecular formula is C15H14F2N2O. The van der Waals surface area contributed by atoms with Gasteiger partial charge < -0.3 is 4.74 Å². The summed E-state index contributed by atoms with van der Waals surface area (Å²) in [5, 5.41) is 0. The Balaban J connectivity index is 2.06. The zero-order valence-electron chi connectivity index (χ0n) is 10.7. The minimum absolute atomic E-state index is 0.0751. The number of rotatable bonds is 3. The highest BCUT2D eigenvalue weighted by atomic mass is 19.1. The van der Waals surface area contributed by atoms with E-state index in [0.29, 0.717) is 12.2 Å². The van der Waals surface area contributed by atoms with Crippen LogP contribution >= 0.6 is 0 Å². The smallest absolute Gasteiger partial charge is 0.131 e. The van der Waals surface area contributed by atoms with Crippen LogP contribution in [-0.2, 0) is 6.42 Å². The highest BCUT2D eigenvalue weighted by Gasteiger charge is 2.22. The molecule has 3 N–H and O–H groups in total. The van der Waals surface area contributed by atoms with Crippen LogP contribution in [-0.4, -0.2) is 6.61 Å². The molecule has 0 aromatic heterocycles. The summed E-state index contributed by atoms with van der Waals surface area (Å²) in [6.07, 6.45) is 0.792. The monoisotopic (exact) mass is 276 g/mol. The average molecular weight is 276 g/mol. The number of hydrogen-bond donors (Lipinski definition) is 2. The number of ether oxygens (including phenoxy) is 1. The van der Waals surface area contributed by atoms with E-state index < -0.39 is 17.7 Å². The molecule has 1 atom stereocenters. The van der Waals surface area contributed by atoms with E-state index in [2.05, 4.69) is 5.43 Å². The van der Waals surface area contributed by atoms with Gasteiger partial charge in [-0.15, -0.1) is 0 Å². The predicted molar refractivity (Wildman–Crippen MR) is 71.2 cm³/mol. The molecule has 5 heteroatoms. The van der Waals surface area contributed by atoms with Crippen LogP contribution in [0.2, 0.25) is 0 Å². The molecule has 0 radical (unpaired) electrons. The molecule has 1 aliphatic rings. The molecule has 0 saturated carbocycles. The molecule has 2 aromatic rings. The highest BCUT2D eigenvalue weighted by molar-refractivity contribution is 5.43. The summed E-state index contributed by atoms with van der Waals surface area (Å²) in [5.74, 6) is 5.08. The molecule has 2 aromatic carbocycles. The Hall–Kier alpha value is -1.98. The van der Waals surface area contributed by atoms with Gasteiger partial charge in [-0.05, 0) is 29.3 Å². The third-order valence-corrected chi connectivity index (χ3v) is 3.50. The fraction of sp³-hybridized carbons (Fsp3) is 0.200. The maximum absolute atomic E-state index is 13.9. The number of hydrogen-bond acceptors (Lipinski definition) is 3. The van der Waals surface area contributed by atoms with Crippen LogP contribution < -0.4 is 16.0 Å². The molecule has 104 valence electrons. The second-order valence-electron chi connectivity index (χ2n) is 4.70. The number of halogens is 2. The molecule has 0 fully saturated rings. The number of hydrazine groups is 1. The van der Waals surface area contributed by atoms with Gasteiger partial charge in [-0.3, -0.25) is 5.84 Å². The number of nitrogens with two attached hydrogens (primary N) is 1. The molecule has 0 bridgehead atoms. The van der Waals surface area contributed by atoms with Gasteiger partial charge in [0.15, 0.2) is 0 Å². The van der Waals surface area contributed by atoms with Gasteiger partial charge in [0, 0.05) is 12.0 Å². The van der Waals surface area contributed by atoms with E-state index in [9.17, 15) is 8.78 Å². The van der Waals surface area contributed by atoms with Crippen molar-refractivity contribution in [3.63, 3.8) is 0 Å². The maximum atomic E-state index is 13.9. The SMILES string of the molecule is NNC(c1ccc2c(c1)CCO2)c1c(F)cccc1F. The molecule has 0 saturated heterocycles. The van der Waals surface area contributed by atoms with Gasteiger partial charge in [-0.1, -0.05) is 18.2 Å². The second-order valence-corrected chi connectivity index (χ2v) is 4.70. The Labute approximate surface area is 115 Å². The normalized spacial score (nSPS) is 14.8. The van der Waals surface area contributed by atoms with Crippen molar-refractivity contribution in [3.05, 3.63) is 64.7 Å². The lowest BCUT2D eigenvalue weighted by molar-refractivity contribution is 0.356. The fourth-order valence-corrected chi connectivity index (χ4v) is 2.52. The van der Waals surface area contributed by atoms with Crippen molar-refractivity contribution in [2.75, 3.05) is 6.61 Å². The Morgan fingerprint density at radius 3 is 2.60 bits per heavy atom. The lowest BCUT2D eigenvalue weighted by Crippen LogP contribution is -2.30. The molecule has 1 unspecified atom stereocenters. The van der Waals surface area contributed by atoms with Crippen molar-refractivity contribution < 1.29 is 13.5 Å². The Kier molecular flexibility index (Phi) is 3.38. The van der Waals surface area contributed by atoms with E-state index >= 15 is 0 Å². The molecular weight excluding hydrogens is 262 g/mol. The van der Waals surface area contributed by atoms with Gasteiger partial charge >= 0.3 is 0 Å². The molecule has 0 amide bonds. The summed E-state index contributed by atoms with van der Waals surface area (Å²) in [5.41, 5.74) is 4.15. The Morgan fingerprint density at radius 1 is 1.15 bits per heavy atom. The van der Waals surface area contributed by atoms with Gasteiger partial charge in [0.05, 0.1) is 12.6 Å². The minimum Gasteiger partial charge on any atom is -0.493 e. The first-order valence-corrected chi connectivity index (χ1v) is 6.36. The molecule has 0 aliphatic carbocycles. The van der Waals surface area contributed by atoms with Crippen LogP contribution in [0.3, 0.4) is 0 Å². The summed E-state index contributed by atoms with van der Waals surface area (Å²) in [6.45, 7) is 0.633. The first kappa shape index (κ1) is 13.0. The first-order valence-electron chi connectivity index (χ1n) is 6.36. The van der Waals surface area contributed by atoms with Crippen LogP contribution in [0.25, 0.3) is 0 Å². The molecule has 3 rings (SSSR count). The Bertz CT molecular complexity index is 626. The summed E-state index contributed by atoms with van der Waals surface area (Å²) in [4.78, 5) is 0. The minimum atomic E-state index is -0.734. The van der Waals surface area contributed by atoms with Gasteiger partial charge in [0.2, 0.25) is 0 Å². The summed E-state index contributed by atoms with van der Waals surface area (Å²) in [7, 11) is 0. The molecule has 0 spiro atoms. The van der Waals surface area contributed by atoms with Crippen molar-refractivity contribution in [1.29, 1.82) is 0 Å². The molecule has 1 heterocycles. The van der Waals surface area contributed by atoms with Crippen molar-refractivity contribution in [3.8, 4) is 5.75 Å². The van der Waals surface area contributed by atoms with Crippen LogP contribution in [0.15, 0.2) is 36.4 Å². The largest absolute Gasteiger partial charge is 0.493 e. The number of nitrogens with one attached hydrogen (secondary N) is 1. The van der Waals surface area contributed by atoms with Crippen molar-refractivity contribution in [1.82, 2.24) is 5.43 Å². The average Bonchev–Trinajstić information content (AvgIpc) is 2.90. The lowest BCUT2D eigenvalue weighted by atomic mass is 9.96. The molecule has 1 aliphatic heterocycles.